The van der Waals surface area contributed by atoms with Gasteiger partial charge >= 0.3 is 28.7 Å². The van der Waals surface area contributed by atoms with Gasteiger partial charge in [0.15, 0.2) is 0 Å². The number of halogens is 6. The Hall–Kier alpha value is -4.31. The lowest BCUT2D eigenvalue weighted by Gasteiger charge is -2.32. The van der Waals surface area contributed by atoms with Crippen molar-refractivity contribution >= 4 is 27.9 Å². The first-order chi connectivity index (χ1) is 22.5. The highest BCUT2D eigenvalue weighted by Gasteiger charge is 2.38. The van der Waals surface area contributed by atoms with Gasteiger partial charge in [-0.05, 0) is 73.4 Å². The van der Waals surface area contributed by atoms with Gasteiger partial charge in [0, 0.05) is 30.4 Å². The Kier molecular flexibility index (Phi) is 11.6. The maximum absolute atomic E-state index is 13.5. The zero-order valence-corrected chi connectivity index (χ0v) is 26.4. The summed E-state index contributed by atoms with van der Waals surface area (Å²) in [5.74, 6) is -1.29. The standard InChI is InChI=1S/C32H33F6N3O6S/c1-46-28-9-5-8-27(17-28)39-30(43)47-20-23-12-10-22(11-13-23)19-41(18-21-6-3-2-4-7-21)48(44,45)40-29(42)24-14-25(31(33,34)35)16-26(15-24)32(36,37)38/h2-9,14-17,22-23H,10-13,18-20H2,1H3,(H,39,43)(H,40,42). The fraction of sp³-hybridized carbons (Fsp3) is 0.375. The van der Waals surface area contributed by atoms with Gasteiger partial charge in [-0.2, -0.15) is 39.1 Å². The molecule has 0 atom stereocenters. The summed E-state index contributed by atoms with van der Waals surface area (Å²) in [5, 5.41) is 2.62. The molecule has 0 bridgehead atoms. The molecule has 0 heterocycles. The molecule has 48 heavy (non-hydrogen) atoms. The lowest BCUT2D eigenvalue weighted by Crippen LogP contribution is -2.45. The molecule has 0 aliphatic heterocycles. The molecular formula is C32H33F6N3O6S. The number of nitrogens with zero attached hydrogens (tertiary/aromatic N) is 1. The number of alkyl halides is 6. The summed E-state index contributed by atoms with van der Waals surface area (Å²) < 4.78 is 120. The third-order valence-electron chi connectivity index (χ3n) is 7.81. The lowest BCUT2D eigenvalue weighted by molar-refractivity contribution is -0.143. The maximum atomic E-state index is 13.5. The van der Waals surface area contributed by atoms with Crippen LogP contribution in [0.25, 0.3) is 0 Å². The normalized spacial score (nSPS) is 17.1. The number of carbonyl (C=O) groups excluding carboxylic acids is 2. The maximum Gasteiger partial charge on any atom is 0.416 e. The van der Waals surface area contributed by atoms with Crippen molar-refractivity contribution in [3.05, 3.63) is 95.1 Å². The zero-order chi connectivity index (χ0) is 35.1. The molecule has 1 fully saturated rings. The number of rotatable bonds is 11. The molecule has 0 radical (unpaired) electrons. The average molecular weight is 702 g/mol. The molecule has 260 valence electrons. The highest BCUT2D eigenvalue weighted by Crippen LogP contribution is 2.36. The number of ether oxygens (including phenoxy) is 2. The molecule has 0 unspecified atom stereocenters. The van der Waals surface area contributed by atoms with Crippen LogP contribution in [0, 0.1) is 11.8 Å². The minimum Gasteiger partial charge on any atom is -0.497 e. The Labute approximate surface area is 273 Å². The first kappa shape index (κ1) is 36.5. The number of benzene rings is 3. The summed E-state index contributed by atoms with van der Waals surface area (Å²) >= 11 is 0. The molecule has 3 aromatic carbocycles. The van der Waals surface area contributed by atoms with Crippen molar-refractivity contribution in [2.75, 3.05) is 25.6 Å². The highest BCUT2D eigenvalue weighted by molar-refractivity contribution is 7.87. The van der Waals surface area contributed by atoms with Crippen molar-refractivity contribution < 1.29 is 53.8 Å². The van der Waals surface area contributed by atoms with Crippen molar-refractivity contribution in [1.82, 2.24) is 9.03 Å². The van der Waals surface area contributed by atoms with E-state index in [0.717, 1.165) is 4.31 Å². The molecule has 0 saturated heterocycles. The fourth-order valence-electron chi connectivity index (χ4n) is 5.28. The van der Waals surface area contributed by atoms with Crippen LogP contribution in [0.3, 0.4) is 0 Å². The van der Waals surface area contributed by atoms with E-state index in [4.69, 9.17) is 9.47 Å². The van der Waals surface area contributed by atoms with Gasteiger partial charge in [-0.1, -0.05) is 36.4 Å². The van der Waals surface area contributed by atoms with E-state index in [-0.39, 0.29) is 49.7 Å². The largest absolute Gasteiger partial charge is 0.497 e. The Balaban J connectivity index is 1.41. The molecule has 2 amide bonds. The van der Waals surface area contributed by atoms with Crippen LogP contribution in [0.5, 0.6) is 5.75 Å². The van der Waals surface area contributed by atoms with Gasteiger partial charge in [0.2, 0.25) is 0 Å². The lowest BCUT2D eigenvalue weighted by atomic mass is 9.82. The summed E-state index contributed by atoms with van der Waals surface area (Å²) in [6, 6.07) is 15.2. The van der Waals surface area contributed by atoms with Crippen LogP contribution in [-0.4, -0.2) is 45.0 Å². The topological polar surface area (TPSA) is 114 Å². The summed E-state index contributed by atoms with van der Waals surface area (Å²) in [5.41, 5.74) is -3.59. The number of methoxy groups -OCH3 is 1. The molecule has 16 heteroatoms. The molecule has 1 saturated carbocycles. The van der Waals surface area contributed by atoms with Gasteiger partial charge in [-0.15, -0.1) is 0 Å². The van der Waals surface area contributed by atoms with E-state index in [1.54, 1.807) is 59.3 Å². The third-order valence-corrected chi connectivity index (χ3v) is 9.21. The van der Waals surface area contributed by atoms with Crippen molar-refractivity contribution in [2.45, 2.75) is 44.6 Å². The second kappa shape index (κ2) is 15.3. The number of anilines is 1. The molecule has 2 N–H and O–H groups in total. The van der Waals surface area contributed by atoms with Crippen LogP contribution in [0.15, 0.2) is 72.8 Å². The van der Waals surface area contributed by atoms with E-state index in [0.29, 0.717) is 42.7 Å². The van der Waals surface area contributed by atoms with E-state index in [9.17, 15) is 44.3 Å². The Morgan fingerprint density at radius 1 is 0.833 bits per heavy atom. The predicted molar refractivity (Wildman–Crippen MR) is 163 cm³/mol. The minimum atomic E-state index is -5.22. The molecule has 1 aliphatic rings. The first-order valence-electron chi connectivity index (χ1n) is 14.8. The van der Waals surface area contributed by atoms with Gasteiger partial charge in [-0.25, -0.2) is 9.52 Å². The molecule has 1 aliphatic carbocycles. The molecule has 0 aromatic heterocycles. The summed E-state index contributed by atoms with van der Waals surface area (Å²) in [4.78, 5) is 25.2. The van der Waals surface area contributed by atoms with E-state index in [1.165, 1.54) is 7.11 Å². The molecular weight excluding hydrogens is 668 g/mol. The van der Waals surface area contributed by atoms with Crippen LogP contribution in [0.4, 0.5) is 36.8 Å². The smallest absolute Gasteiger partial charge is 0.416 e. The van der Waals surface area contributed by atoms with E-state index >= 15 is 0 Å². The van der Waals surface area contributed by atoms with Crippen LogP contribution in [-0.2, 0) is 33.8 Å². The third kappa shape index (κ3) is 10.3. The Bertz CT molecular complexity index is 1650. The van der Waals surface area contributed by atoms with Crippen LogP contribution in [0.2, 0.25) is 0 Å². The van der Waals surface area contributed by atoms with Gasteiger partial charge in [0.25, 0.3) is 5.91 Å². The quantitative estimate of drug-likeness (QED) is 0.204. The van der Waals surface area contributed by atoms with Crippen molar-refractivity contribution in [3.8, 4) is 5.75 Å². The van der Waals surface area contributed by atoms with Gasteiger partial charge in [0.05, 0.1) is 24.8 Å². The van der Waals surface area contributed by atoms with E-state index < -0.39 is 51.3 Å². The number of amides is 2. The Morgan fingerprint density at radius 3 is 2.02 bits per heavy atom. The minimum absolute atomic E-state index is 0.0000646. The second-order valence-corrected chi connectivity index (χ2v) is 13.0. The van der Waals surface area contributed by atoms with Crippen molar-refractivity contribution in [3.63, 3.8) is 0 Å². The fourth-order valence-corrected chi connectivity index (χ4v) is 6.49. The summed E-state index contributed by atoms with van der Waals surface area (Å²) in [6.45, 7) is -0.174. The molecule has 4 rings (SSSR count). The summed E-state index contributed by atoms with van der Waals surface area (Å²) in [6.07, 6.45) is -8.85. The number of hydrogen-bond acceptors (Lipinski definition) is 6. The SMILES string of the molecule is COc1cccc(NC(=O)OCC2CCC(CN(Cc3ccccc3)S(=O)(=O)NC(=O)c3cc(C(F)(F)F)cc(C(F)(F)F)c3)CC2)c1. The van der Waals surface area contributed by atoms with Crippen molar-refractivity contribution in [1.29, 1.82) is 0 Å². The Morgan fingerprint density at radius 2 is 1.44 bits per heavy atom. The first-order valence-corrected chi connectivity index (χ1v) is 16.2. The van der Waals surface area contributed by atoms with E-state index in [1.807, 2.05) is 0 Å². The van der Waals surface area contributed by atoms with Gasteiger partial charge in [0.1, 0.15) is 5.75 Å². The molecule has 9 nitrogen and oxygen atoms in total. The number of nitrogens with one attached hydrogen (secondary N) is 2. The molecule has 3 aromatic rings. The molecule has 0 spiro atoms. The van der Waals surface area contributed by atoms with Gasteiger partial charge < -0.3 is 9.47 Å². The monoisotopic (exact) mass is 701 g/mol. The number of carbonyl (C=O) groups is 2. The van der Waals surface area contributed by atoms with Gasteiger partial charge in [-0.3, -0.25) is 10.1 Å². The second-order valence-electron chi connectivity index (χ2n) is 11.4. The summed E-state index contributed by atoms with van der Waals surface area (Å²) in [7, 11) is -3.25. The van der Waals surface area contributed by atoms with Crippen LogP contribution in [0.1, 0.15) is 52.7 Å². The van der Waals surface area contributed by atoms with Crippen LogP contribution >= 0.6 is 0 Å². The zero-order valence-electron chi connectivity index (χ0n) is 25.6. The average Bonchev–Trinajstić information content (AvgIpc) is 3.03. The number of hydrogen-bond donors (Lipinski definition) is 2. The predicted octanol–water partition coefficient (Wildman–Crippen LogP) is 7.26. The van der Waals surface area contributed by atoms with E-state index in [2.05, 4.69) is 5.32 Å². The van der Waals surface area contributed by atoms with Crippen molar-refractivity contribution in [2.24, 2.45) is 11.8 Å². The van der Waals surface area contributed by atoms with Crippen LogP contribution < -0.4 is 14.8 Å². The highest BCUT2D eigenvalue weighted by atomic mass is 32.2.